The van der Waals surface area contributed by atoms with Gasteiger partial charge in [0.1, 0.15) is 11.3 Å². The van der Waals surface area contributed by atoms with Crippen LogP contribution in [0.4, 0.5) is 0 Å². The average molecular weight is 286 g/mol. The van der Waals surface area contributed by atoms with Crippen molar-refractivity contribution in [1.82, 2.24) is 10.2 Å². The summed E-state index contributed by atoms with van der Waals surface area (Å²) in [5, 5.41) is 4.76. The zero-order valence-corrected chi connectivity index (χ0v) is 13.1. The summed E-state index contributed by atoms with van der Waals surface area (Å²) >= 11 is 0. The minimum Gasteiger partial charge on any atom is -0.459 e. The highest BCUT2D eigenvalue weighted by atomic mass is 16.3. The van der Waals surface area contributed by atoms with Crippen molar-refractivity contribution in [2.24, 2.45) is 0 Å². The molecule has 0 amide bonds. The van der Waals surface area contributed by atoms with Crippen molar-refractivity contribution in [2.75, 3.05) is 20.1 Å². The molecule has 3 nitrogen and oxygen atoms in total. The van der Waals surface area contributed by atoms with Gasteiger partial charge >= 0.3 is 0 Å². The Morgan fingerprint density at radius 1 is 1.29 bits per heavy atom. The molecular formula is C18H26N2O. The second kappa shape index (κ2) is 6.63. The topological polar surface area (TPSA) is 28.4 Å². The van der Waals surface area contributed by atoms with Gasteiger partial charge in [-0.15, -0.1) is 0 Å². The highest BCUT2D eigenvalue weighted by molar-refractivity contribution is 5.77. The molecule has 1 aliphatic rings. The summed E-state index contributed by atoms with van der Waals surface area (Å²) in [4.78, 5) is 2.51. The molecule has 0 radical (unpaired) electrons. The minimum atomic E-state index is 0.259. The number of rotatable bonds is 6. The summed E-state index contributed by atoms with van der Waals surface area (Å²) in [5.74, 6) is 1.03. The van der Waals surface area contributed by atoms with E-state index in [0.29, 0.717) is 0 Å². The van der Waals surface area contributed by atoms with Crippen LogP contribution in [0.2, 0.25) is 0 Å². The van der Waals surface area contributed by atoms with E-state index in [2.05, 4.69) is 42.4 Å². The fourth-order valence-electron chi connectivity index (χ4n) is 3.30. The first-order valence-corrected chi connectivity index (χ1v) is 8.16. The molecule has 1 aromatic carbocycles. The Bertz CT molecular complexity index is 538. The normalized spacial score (nSPS) is 17.9. The number of fused-ring (bicyclic) bond motifs is 1. The van der Waals surface area contributed by atoms with Crippen LogP contribution in [0, 0.1) is 0 Å². The van der Waals surface area contributed by atoms with Crippen molar-refractivity contribution in [2.45, 2.75) is 44.7 Å². The maximum Gasteiger partial charge on any atom is 0.134 e. The largest absolute Gasteiger partial charge is 0.459 e. The van der Waals surface area contributed by atoms with E-state index < -0.39 is 0 Å². The molecule has 1 atom stereocenters. The Labute approximate surface area is 127 Å². The molecule has 1 N–H and O–H groups in total. The molecule has 2 aromatic rings. The summed E-state index contributed by atoms with van der Waals surface area (Å²) in [6.07, 6.45) is 5.54. The Morgan fingerprint density at radius 2 is 2.05 bits per heavy atom. The number of nitrogens with one attached hydrogen (secondary N) is 1. The van der Waals surface area contributed by atoms with Crippen LogP contribution in [0.15, 0.2) is 34.7 Å². The number of para-hydroxylation sites is 1. The van der Waals surface area contributed by atoms with Crippen molar-refractivity contribution < 1.29 is 4.42 Å². The third-order valence-electron chi connectivity index (χ3n) is 4.73. The van der Waals surface area contributed by atoms with Crippen molar-refractivity contribution >= 4 is 11.0 Å². The molecule has 21 heavy (non-hydrogen) atoms. The van der Waals surface area contributed by atoms with E-state index in [1.165, 1.54) is 31.1 Å². The first kappa shape index (κ1) is 14.6. The Balaban J connectivity index is 1.50. The summed E-state index contributed by atoms with van der Waals surface area (Å²) in [5.41, 5.74) is 0.976. The molecule has 1 saturated carbocycles. The summed E-state index contributed by atoms with van der Waals surface area (Å²) in [6.45, 7) is 4.29. The average Bonchev–Trinajstić information content (AvgIpc) is 3.16. The lowest BCUT2D eigenvalue weighted by atomic mass is 10.2. The zero-order valence-electron chi connectivity index (χ0n) is 13.1. The summed E-state index contributed by atoms with van der Waals surface area (Å²) < 4.78 is 5.91. The Kier molecular flexibility index (Phi) is 4.61. The number of hydrogen-bond acceptors (Lipinski definition) is 3. The molecule has 0 spiro atoms. The van der Waals surface area contributed by atoms with Crippen molar-refractivity contribution in [3.8, 4) is 0 Å². The van der Waals surface area contributed by atoms with Gasteiger partial charge in [0, 0.05) is 24.5 Å². The lowest BCUT2D eigenvalue weighted by molar-refractivity contribution is 0.241. The maximum absolute atomic E-state index is 5.91. The third kappa shape index (κ3) is 3.47. The fourth-order valence-corrected chi connectivity index (χ4v) is 3.30. The molecule has 0 saturated heterocycles. The lowest BCUT2D eigenvalue weighted by Crippen LogP contribution is -2.36. The number of furan rings is 1. The van der Waals surface area contributed by atoms with Crippen LogP contribution in [-0.4, -0.2) is 31.1 Å². The molecule has 1 fully saturated rings. The van der Waals surface area contributed by atoms with Crippen LogP contribution in [0.1, 0.15) is 44.4 Å². The van der Waals surface area contributed by atoms with Gasteiger partial charge in [-0.3, -0.25) is 0 Å². The molecule has 3 heteroatoms. The van der Waals surface area contributed by atoms with Crippen molar-refractivity contribution in [3.63, 3.8) is 0 Å². The molecule has 114 valence electrons. The number of hydrogen-bond donors (Lipinski definition) is 1. The van der Waals surface area contributed by atoms with E-state index in [4.69, 9.17) is 4.42 Å². The predicted molar refractivity (Wildman–Crippen MR) is 87.5 cm³/mol. The van der Waals surface area contributed by atoms with Crippen LogP contribution >= 0.6 is 0 Å². The summed E-state index contributed by atoms with van der Waals surface area (Å²) in [6, 6.07) is 11.4. The van der Waals surface area contributed by atoms with E-state index in [0.717, 1.165) is 30.5 Å². The van der Waals surface area contributed by atoms with E-state index in [1.54, 1.807) is 0 Å². The van der Waals surface area contributed by atoms with Gasteiger partial charge in [-0.05, 0) is 38.9 Å². The third-order valence-corrected chi connectivity index (χ3v) is 4.73. The first-order valence-electron chi connectivity index (χ1n) is 8.16. The predicted octanol–water partition coefficient (Wildman–Crippen LogP) is 3.96. The first-order chi connectivity index (χ1) is 10.2. The molecule has 0 bridgehead atoms. The van der Waals surface area contributed by atoms with E-state index in [-0.39, 0.29) is 6.04 Å². The Hall–Kier alpha value is -1.32. The molecule has 1 heterocycles. The van der Waals surface area contributed by atoms with Crippen LogP contribution in [0.5, 0.6) is 0 Å². The van der Waals surface area contributed by atoms with Crippen molar-refractivity contribution in [1.29, 1.82) is 0 Å². The van der Waals surface area contributed by atoms with Gasteiger partial charge in [0.15, 0.2) is 0 Å². The monoisotopic (exact) mass is 286 g/mol. The van der Waals surface area contributed by atoms with E-state index >= 15 is 0 Å². The fraction of sp³-hybridized carbons (Fsp3) is 0.556. The Morgan fingerprint density at radius 3 is 2.81 bits per heavy atom. The van der Waals surface area contributed by atoms with Gasteiger partial charge in [0.25, 0.3) is 0 Å². The quantitative estimate of drug-likeness (QED) is 0.871. The van der Waals surface area contributed by atoms with E-state index in [1.807, 2.05) is 12.1 Å². The van der Waals surface area contributed by atoms with Gasteiger partial charge in [-0.25, -0.2) is 0 Å². The molecule has 0 aliphatic heterocycles. The van der Waals surface area contributed by atoms with Gasteiger partial charge in [0.05, 0.1) is 6.04 Å². The van der Waals surface area contributed by atoms with Crippen LogP contribution in [-0.2, 0) is 0 Å². The van der Waals surface area contributed by atoms with E-state index in [9.17, 15) is 0 Å². The SMILES string of the molecule is CC(NCCN(C)C1CCCC1)c1cc2ccccc2o1. The molecule has 1 unspecified atom stereocenters. The number of benzene rings is 1. The van der Waals surface area contributed by atoms with Gasteiger partial charge in [-0.2, -0.15) is 0 Å². The highest BCUT2D eigenvalue weighted by Gasteiger charge is 2.19. The molecule has 1 aliphatic carbocycles. The minimum absolute atomic E-state index is 0.259. The zero-order chi connectivity index (χ0) is 14.7. The molecular weight excluding hydrogens is 260 g/mol. The van der Waals surface area contributed by atoms with Gasteiger partial charge in [-0.1, -0.05) is 31.0 Å². The molecule has 1 aromatic heterocycles. The highest BCUT2D eigenvalue weighted by Crippen LogP contribution is 2.24. The number of nitrogens with zero attached hydrogens (tertiary/aromatic N) is 1. The van der Waals surface area contributed by atoms with Crippen molar-refractivity contribution in [3.05, 3.63) is 36.1 Å². The molecule has 3 rings (SSSR count). The van der Waals surface area contributed by atoms with Crippen LogP contribution in [0.25, 0.3) is 11.0 Å². The maximum atomic E-state index is 5.91. The second-order valence-corrected chi connectivity index (χ2v) is 6.28. The standard InChI is InChI=1S/C18H26N2O/c1-14(18-13-15-7-3-6-10-17(15)21-18)19-11-12-20(2)16-8-4-5-9-16/h3,6-7,10,13-14,16,19H,4-5,8-9,11-12H2,1-2H3. The summed E-state index contributed by atoms with van der Waals surface area (Å²) in [7, 11) is 2.25. The smallest absolute Gasteiger partial charge is 0.134 e. The van der Waals surface area contributed by atoms with Crippen LogP contribution in [0.3, 0.4) is 0 Å². The van der Waals surface area contributed by atoms with Crippen LogP contribution < -0.4 is 5.32 Å². The lowest BCUT2D eigenvalue weighted by Gasteiger charge is -2.24. The van der Waals surface area contributed by atoms with Gasteiger partial charge < -0.3 is 14.6 Å². The second-order valence-electron chi connectivity index (χ2n) is 6.28. The van der Waals surface area contributed by atoms with Gasteiger partial charge in [0.2, 0.25) is 0 Å². The number of likely N-dealkylation sites (N-methyl/N-ethyl adjacent to an activating group) is 1.